The molecule has 0 saturated carbocycles. The molecule has 1 aromatic carbocycles. The molecule has 2 aliphatic rings. The zero-order valence-electron chi connectivity index (χ0n) is 12.8. The van der Waals surface area contributed by atoms with Crippen LogP contribution in [0.15, 0.2) is 45.3 Å². The van der Waals surface area contributed by atoms with Crippen LogP contribution in [0.4, 0.5) is 5.69 Å². The summed E-state index contributed by atoms with van der Waals surface area (Å²) in [4.78, 5) is 16.2. The van der Waals surface area contributed by atoms with Gasteiger partial charge in [0, 0.05) is 18.2 Å². The summed E-state index contributed by atoms with van der Waals surface area (Å²) in [6.07, 6.45) is 1.75. The van der Waals surface area contributed by atoms with Crippen LogP contribution in [-0.2, 0) is 4.79 Å². The number of rotatable bonds is 3. The molecular formula is C16H12N4O4S. The average molecular weight is 356 g/mol. The third-order valence-corrected chi connectivity index (χ3v) is 4.93. The highest BCUT2D eigenvalue weighted by Crippen LogP contribution is 2.45. The van der Waals surface area contributed by atoms with Gasteiger partial charge < -0.3 is 19.2 Å². The molecule has 0 saturated heterocycles. The van der Waals surface area contributed by atoms with E-state index in [4.69, 9.17) is 13.9 Å². The quantitative estimate of drug-likeness (QED) is 0.744. The number of carbonyl (C=O) groups is 1. The monoisotopic (exact) mass is 356 g/mol. The molecule has 5 rings (SSSR count). The van der Waals surface area contributed by atoms with Crippen molar-refractivity contribution in [3.63, 3.8) is 0 Å². The van der Waals surface area contributed by atoms with Crippen LogP contribution in [0, 0.1) is 0 Å². The second-order valence-electron chi connectivity index (χ2n) is 5.65. The highest BCUT2D eigenvalue weighted by atomic mass is 32.2. The Balaban J connectivity index is 1.50. The fourth-order valence-corrected chi connectivity index (χ4v) is 3.68. The zero-order valence-corrected chi connectivity index (χ0v) is 13.6. The first-order valence-corrected chi connectivity index (χ1v) is 8.44. The Labute approximate surface area is 145 Å². The molecule has 9 heteroatoms. The molecule has 2 aliphatic heterocycles. The molecule has 2 aromatic heterocycles. The molecule has 0 unspecified atom stereocenters. The number of aromatic nitrogens is 3. The Morgan fingerprint density at radius 2 is 2.08 bits per heavy atom. The number of anilines is 1. The van der Waals surface area contributed by atoms with Gasteiger partial charge in [-0.2, -0.15) is 5.10 Å². The second-order valence-corrected chi connectivity index (χ2v) is 6.64. The fraction of sp³-hybridized carbons (Fsp3) is 0.188. The summed E-state index contributed by atoms with van der Waals surface area (Å²) in [6.45, 7) is 0.190. The lowest BCUT2D eigenvalue weighted by atomic mass is 9.88. The largest absolute Gasteiger partial charge is 0.454 e. The van der Waals surface area contributed by atoms with Gasteiger partial charge in [-0.3, -0.25) is 9.89 Å². The van der Waals surface area contributed by atoms with E-state index in [9.17, 15) is 4.79 Å². The third-order valence-electron chi connectivity index (χ3n) is 4.12. The van der Waals surface area contributed by atoms with Crippen LogP contribution >= 0.6 is 11.8 Å². The first-order valence-electron chi connectivity index (χ1n) is 7.62. The topological polar surface area (TPSA) is 102 Å². The highest BCUT2D eigenvalue weighted by Gasteiger charge is 2.31. The summed E-state index contributed by atoms with van der Waals surface area (Å²) >= 11 is 1.34. The predicted molar refractivity (Wildman–Crippen MR) is 86.9 cm³/mol. The number of hydrogen-bond donors (Lipinski definition) is 2. The first-order chi connectivity index (χ1) is 12.3. The fourth-order valence-electron chi connectivity index (χ4n) is 3.02. The Kier molecular flexibility index (Phi) is 3.20. The molecule has 126 valence electrons. The van der Waals surface area contributed by atoms with Gasteiger partial charge in [-0.05, 0) is 35.5 Å². The SMILES string of the molecule is O=C1C[C@@H](c2ccc(Sc3ncn[nH]3)o2)c2cc3c(cc2N1)OCO3. The number of carbonyl (C=O) groups excluding carboxylic acids is 1. The summed E-state index contributed by atoms with van der Waals surface area (Å²) in [5, 5.41) is 10.8. The number of hydrogen-bond acceptors (Lipinski definition) is 7. The number of furan rings is 1. The lowest BCUT2D eigenvalue weighted by Crippen LogP contribution is -2.23. The van der Waals surface area contributed by atoms with Crippen LogP contribution < -0.4 is 14.8 Å². The van der Waals surface area contributed by atoms with Crippen LogP contribution in [0.1, 0.15) is 23.7 Å². The van der Waals surface area contributed by atoms with Gasteiger partial charge in [0.1, 0.15) is 12.1 Å². The Morgan fingerprint density at radius 3 is 2.92 bits per heavy atom. The maximum atomic E-state index is 12.1. The highest BCUT2D eigenvalue weighted by molar-refractivity contribution is 7.99. The maximum Gasteiger partial charge on any atom is 0.231 e. The number of H-pyrrole nitrogens is 1. The molecule has 25 heavy (non-hydrogen) atoms. The van der Waals surface area contributed by atoms with E-state index < -0.39 is 0 Å². The van der Waals surface area contributed by atoms with Crippen molar-refractivity contribution in [3.05, 3.63) is 41.9 Å². The summed E-state index contributed by atoms with van der Waals surface area (Å²) in [5.41, 5.74) is 1.68. The first kappa shape index (κ1) is 14.4. The molecule has 1 amide bonds. The molecule has 3 aromatic rings. The minimum Gasteiger partial charge on any atom is -0.454 e. The smallest absolute Gasteiger partial charge is 0.231 e. The third kappa shape index (κ3) is 2.52. The molecular weight excluding hydrogens is 344 g/mol. The van der Waals surface area contributed by atoms with Crippen molar-refractivity contribution in [2.45, 2.75) is 22.6 Å². The van der Waals surface area contributed by atoms with E-state index in [1.54, 1.807) is 6.07 Å². The lowest BCUT2D eigenvalue weighted by molar-refractivity contribution is -0.116. The minimum atomic E-state index is -0.178. The van der Waals surface area contributed by atoms with Crippen LogP contribution in [-0.4, -0.2) is 27.9 Å². The normalized spacial score (nSPS) is 18.1. The number of fused-ring (bicyclic) bond motifs is 2. The molecule has 2 N–H and O–H groups in total. The van der Waals surface area contributed by atoms with Gasteiger partial charge in [-0.1, -0.05) is 0 Å². The lowest BCUT2D eigenvalue weighted by Gasteiger charge is -2.24. The number of aromatic amines is 1. The molecule has 0 bridgehead atoms. The molecule has 1 atom stereocenters. The van der Waals surface area contributed by atoms with E-state index in [0.717, 1.165) is 17.0 Å². The van der Waals surface area contributed by atoms with Gasteiger partial charge in [-0.15, -0.1) is 0 Å². The van der Waals surface area contributed by atoms with Gasteiger partial charge in [0.2, 0.25) is 12.7 Å². The average Bonchev–Trinajstić information content (AvgIpc) is 3.34. The van der Waals surface area contributed by atoms with E-state index in [1.807, 2.05) is 18.2 Å². The van der Waals surface area contributed by atoms with Crippen molar-refractivity contribution in [2.24, 2.45) is 0 Å². The number of nitrogens with zero attached hydrogens (tertiary/aromatic N) is 2. The number of nitrogens with one attached hydrogen (secondary N) is 2. The van der Waals surface area contributed by atoms with Gasteiger partial charge in [0.25, 0.3) is 0 Å². The standard InChI is InChI=1S/C16H12N4O4S/c21-14-4-9(8-3-12-13(23-7-22-12)5-10(8)19-14)11-1-2-15(24-11)25-16-17-6-18-20-16/h1-3,5-6,9H,4,7H2,(H,19,21)(H,17,18,20)/t9-/m1/s1. The van der Waals surface area contributed by atoms with Crippen LogP contribution in [0.2, 0.25) is 0 Å². The number of ether oxygens (including phenoxy) is 2. The number of benzene rings is 1. The minimum absolute atomic E-state index is 0.0581. The molecule has 4 heterocycles. The van der Waals surface area contributed by atoms with Gasteiger partial charge in [-0.25, -0.2) is 4.98 Å². The molecule has 0 fully saturated rings. The molecule has 0 radical (unpaired) electrons. The summed E-state index contributed by atoms with van der Waals surface area (Å²) in [6, 6.07) is 7.46. The van der Waals surface area contributed by atoms with Crippen molar-refractivity contribution in [1.82, 2.24) is 15.2 Å². The molecule has 0 aliphatic carbocycles. The van der Waals surface area contributed by atoms with Crippen LogP contribution in [0.25, 0.3) is 0 Å². The Morgan fingerprint density at radius 1 is 1.20 bits per heavy atom. The summed E-state index contributed by atoms with van der Waals surface area (Å²) in [7, 11) is 0. The number of amides is 1. The predicted octanol–water partition coefficient (Wildman–Crippen LogP) is 2.75. The van der Waals surface area contributed by atoms with Gasteiger partial charge >= 0.3 is 0 Å². The van der Waals surface area contributed by atoms with Gasteiger partial charge in [0.05, 0.1) is 5.92 Å². The Hall–Kier alpha value is -2.94. The van der Waals surface area contributed by atoms with Crippen molar-refractivity contribution >= 4 is 23.4 Å². The van der Waals surface area contributed by atoms with Crippen molar-refractivity contribution in [1.29, 1.82) is 0 Å². The zero-order chi connectivity index (χ0) is 16.8. The van der Waals surface area contributed by atoms with E-state index in [0.29, 0.717) is 28.2 Å². The van der Waals surface area contributed by atoms with E-state index in [2.05, 4.69) is 20.5 Å². The van der Waals surface area contributed by atoms with E-state index in [1.165, 1.54) is 18.1 Å². The van der Waals surface area contributed by atoms with E-state index in [-0.39, 0.29) is 18.6 Å². The van der Waals surface area contributed by atoms with Crippen molar-refractivity contribution in [3.8, 4) is 11.5 Å². The second kappa shape index (κ2) is 5.55. The summed E-state index contributed by atoms with van der Waals surface area (Å²) in [5.74, 6) is 1.81. The van der Waals surface area contributed by atoms with Crippen LogP contribution in [0.5, 0.6) is 11.5 Å². The Bertz CT molecular complexity index is 953. The van der Waals surface area contributed by atoms with Crippen molar-refractivity contribution in [2.75, 3.05) is 12.1 Å². The maximum absolute atomic E-state index is 12.1. The molecule has 0 spiro atoms. The van der Waals surface area contributed by atoms with Crippen LogP contribution in [0.3, 0.4) is 0 Å². The van der Waals surface area contributed by atoms with Crippen molar-refractivity contribution < 1.29 is 18.7 Å². The van der Waals surface area contributed by atoms with Gasteiger partial charge in [0.15, 0.2) is 21.7 Å². The van der Waals surface area contributed by atoms with E-state index >= 15 is 0 Å². The summed E-state index contributed by atoms with van der Waals surface area (Å²) < 4.78 is 16.8. The molecule has 8 nitrogen and oxygen atoms in total.